The van der Waals surface area contributed by atoms with E-state index in [9.17, 15) is 8.42 Å². The van der Waals surface area contributed by atoms with Crippen LogP contribution in [0.3, 0.4) is 0 Å². The molecule has 0 spiro atoms. The number of anilines is 1. The van der Waals surface area contributed by atoms with E-state index in [2.05, 4.69) is 15.4 Å². The van der Waals surface area contributed by atoms with Gasteiger partial charge in [0.1, 0.15) is 11.4 Å². The normalized spacial score (nSPS) is 15.7. The van der Waals surface area contributed by atoms with Crippen molar-refractivity contribution < 1.29 is 12.9 Å². The monoisotopic (exact) mass is 424 g/mol. The molecule has 0 unspecified atom stereocenters. The fourth-order valence-electron chi connectivity index (χ4n) is 3.61. The molecule has 0 radical (unpaired) electrons. The highest BCUT2D eigenvalue weighted by atomic mass is 32.2. The second-order valence-corrected chi connectivity index (χ2v) is 9.08. The van der Waals surface area contributed by atoms with E-state index in [1.807, 2.05) is 64.3 Å². The molecule has 9 nitrogen and oxygen atoms in total. The molecule has 4 aromatic rings. The van der Waals surface area contributed by atoms with Crippen LogP contribution < -0.4 is 4.90 Å². The first-order chi connectivity index (χ1) is 14.6. The lowest BCUT2D eigenvalue weighted by atomic mass is 10.2. The van der Waals surface area contributed by atoms with Crippen LogP contribution in [-0.2, 0) is 15.8 Å². The number of fused-ring (bicyclic) bond motifs is 1. The molecular weight excluding hydrogens is 404 g/mol. The Morgan fingerprint density at radius 3 is 2.30 bits per heavy atom. The van der Waals surface area contributed by atoms with Crippen LogP contribution in [-0.4, -0.2) is 58.8 Å². The number of hydrogen-bond donors (Lipinski definition) is 0. The third kappa shape index (κ3) is 3.55. The van der Waals surface area contributed by atoms with Gasteiger partial charge in [0, 0.05) is 44.0 Å². The Bertz CT molecular complexity index is 1240. The van der Waals surface area contributed by atoms with E-state index in [0.717, 1.165) is 17.0 Å². The zero-order valence-electron chi connectivity index (χ0n) is 16.1. The van der Waals surface area contributed by atoms with Gasteiger partial charge in [-0.3, -0.25) is 0 Å². The summed E-state index contributed by atoms with van der Waals surface area (Å²) in [6.07, 6.45) is 3.82. The highest BCUT2D eigenvalue weighted by molar-refractivity contribution is 7.88. The third-order valence-corrected chi connectivity index (χ3v) is 7.02. The van der Waals surface area contributed by atoms with Gasteiger partial charge >= 0.3 is 0 Å². The zero-order chi connectivity index (χ0) is 20.6. The molecule has 1 fully saturated rings. The fraction of sp³-hybridized carbons (Fsp3) is 0.250. The van der Waals surface area contributed by atoms with Crippen molar-refractivity contribution in [1.82, 2.24) is 24.2 Å². The van der Waals surface area contributed by atoms with Crippen LogP contribution in [0, 0.1) is 0 Å². The van der Waals surface area contributed by atoms with E-state index in [4.69, 9.17) is 4.52 Å². The van der Waals surface area contributed by atoms with Crippen molar-refractivity contribution in [3.8, 4) is 5.82 Å². The molecule has 154 valence electrons. The molecule has 0 aliphatic carbocycles. The van der Waals surface area contributed by atoms with Crippen molar-refractivity contribution in [2.45, 2.75) is 5.75 Å². The Balaban J connectivity index is 1.25. The molecule has 4 heterocycles. The topological polar surface area (TPSA) is 97.4 Å². The standard InChI is InChI=1S/C20H20N6O3S/c27-30(28,15-17-16-5-1-2-6-18(16)29-23-17)26-13-11-25(12-14-26)20-8-7-19(21-22-20)24-9-3-4-10-24/h1-10H,11-15H2. The van der Waals surface area contributed by atoms with Gasteiger partial charge in [-0.15, -0.1) is 10.2 Å². The van der Waals surface area contributed by atoms with Crippen molar-refractivity contribution in [3.05, 3.63) is 66.6 Å². The van der Waals surface area contributed by atoms with Gasteiger partial charge in [0.25, 0.3) is 0 Å². The summed E-state index contributed by atoms with van der Waals surface area (Å²) in [5, 5.41) is 13.3. The highest BCUT2D eigenvalue weighted by Crippen LogP contribution is 2.22. The maximum Gasteiger partial charge on any atom is 0.220 e. The Kier molecular flexibility index (Phi) is 4.72. The van der Waals surface area contributed by atoms with Gasteiger partial charge in [-0.1, -0.05) is 17.3 Å². The average Bonchev–Trinajstić information content (AvgIpc) is 3.45. The molecule has 0 N–H and O–H groups in total. The van der Waals surface area contributed by atoms with Crippen LogP contribution in [0.1, 0.15) is 5.69 Å². The number of nitrogens with zero attached hydrogens (tertiary/aromatic N) is 6. The minimum atomic E-state index is -3.49. The molecule has 0 atom stereocenters. The number of hydrogen-bond acceptors (Lipinski definition) is 7. The SMILES string of the molecule is O=S(=O)(Cc1noc2ccccc12)N1CCN(c2ccc(-n3cccc3)nn2)CC1. The summed E-state index contributed by atoms with van der Waals surface area (Å²) in [5.41, 5.74) is 1.04. The molecule has 1 aliphatic heterocycles. The van der Waals surface area contributed by atoms with Crippen LogP contribution in [0.5, 0.6) is 0 Å². The third-order valence-electron chi connectivity index (χ3n) is 5.23. The van der Waals surface area contributed by atoms with Gasteiger partial charge in [0.2, 0.25) is 10.0 Å². The second kappa shape index (κ2) is 7.54. The second-order valence-electron chi connectivity index (χ2n) is 7.11. The lowest BCUT2D eigenvalue weighted by Gasteiger charge is -2.34. The van der Waals surface area contributed by atoms with Crippen LogP contribution >= 0.6 is 0 Å². The smallest absolute Gasteiger partial charge is 0.220 e. The van der Waals surface area contributed by atoms with Gasteiger partial charge in [-0.2, -0.15) is 4.31 Å². The van der Waals surface area contributed by atoms with Gasteiger partial charge in [0.05, 0.1) is 0 Å². The number of aromatic nitrogens is 4. The summed E-state index contributed by atoms with van der Waals surface area (Å²) in [6.45, 7) is 1.88. The van der Waals surface area contributed by atoms with Crippen molar-refractivity contribution in [2.75, 3.05) is 31.1 Å². The molecule has 0 saturated carbocycles. The van der Waals surface area contributed by atoms with E-state index >= 15 is 0 Å². The van der Waals surface area contributed by atoms with E-state index in [-0.39, 0.29) is 5.75 Å². The van der Waals surface area contributed by atoms with Gasteiger partial charge in [-0.25, -0.2) is 8.42 Å². The summed E-state index contributed by atoms with van der Waals surface area (Å²) in [4.78, 5) is 2.05. The molecule has 1 aromatic carbocycles. The van der Waals surface area contributed by atoms with E-state index in [1.54, 1.807) is 6.07 Å². The molecular formula is C20H20N6O3S. The van der Waals surface area contributed by atoms with Crippen molar-refractivity contribution >= 4 is 26.8 Å². The average molecular weight is 424 g/mol. The summed E-state index contributed by atoms with van der Waals surface area (Å²) in [7, 11) is -3.49. The summed E-state index contributed by atoms with van der Waals surface area (Å²) in [5.74, 6) is 1.31. The quantitative estimate of drug-likeness (QED) is 0.484. The fourth-order valence-corrected chi connectivity index (χ4v) is 5.07. The molecule has 1 aliphatic rings. The predicted molar refractivity (Wildman–Crippen MR) is 112 cm³/mol. The van der Waals surface area contributed by atoms with Crippen molar-refractivity contribution in [2.24, 2.45) is 0 Å². The number of sulfonamides is 1. The first kappa shape index (κ1) is 18.8. The van der Waals surface area contributed by atoms with E-state index < -0.39 is 10.0 Å². The largest absolute Gasteiger partial charge is 0.356 e. The molecule has 0 bridgehead atoms. The molecule has 10 heteroatoms. The number of para-hydroxylation sites is 1. The van der Waals surface area contributed by atoms with Crippen LogP contribution in [0.25, 0.3) is 16.8 Å². The van der Waals surface area contributed by atoms with Gasteiger partial charge < -0.3 is 14.0 Å². The lowest BCUT2D eigenvalue weighted by molar-refractivity contribution is 0.381. The maximum absolute atomic E-state index is 12.9. The van der Waals surface area contributed by atoms with Crippen LogP contribution in [0.2, 0.25) is 0 Å². The Morgan fingerprint density at radius 2 is 1.57 bits per heavy atom. The number of piperazine rings is 1. The first-order valence-corrected chi connectivity index (χ1v) is 11.2. The minimum Gasteiger partial charge on any atom is -0.356 e. The van der Waals surface area contributed by atoms with Gasteiger partial charge in [0.15, 0.2) is 17.2 Å². The number of benzene rings is 1. The van der Waals surface area contributed by atoms with Crippen LogP contribution in [0.4, 0.5) is 5.82 Å². The number of rotatable bonds is 5. The Hall–Kier alpha value is -3.24. The van der Waals surface area contributed by atoms with E-state index in [1.165, 1.54) is 4.31 Å². The highest BCUT2D eigenvalue weighted by Gasteiger charge is 2.29. The molecule has 3 aromatic heterocycles. The zero-order valence-corrected chi connectivity index (χ0v) is 16.9. The molecule has 30 heavy (non-hydrogen) atoms. The predicted octanol–water partition coefficient (Wildman–Crippen LogP) is 2.06. The van der Waals surface area contributed by atoms with Gasteiger partial charge in [-0.05, 0) is 36.4 Å². The summed E-state index contributed by atoms with van der Waals surface area (Å²) < 4.78 is 34.4. The summed E-state index contributed by atoms with van der Waals surface area (Å²) >= 11 is 0. The van der Waals surface area contributed by atoms with Crippen LogP contribution in [0.15, 0.2) is 65.4 Å². The minimum absolute atomic E-state index is 0.171. The van der Waals surface area contributed by atoms with E-state index in [0.29, 0.717) is 37.5 Å². The first-order valence-electron chi connectivity index (χ1n) is 9.63. The maximum atomic E-state index is 12.9. The molecule has 5 rings (SSSR count). The molecule has 1 saturated heterocycles. The lowest BCUT2D eigenvalue weighted by Crippen LogP contribution is -2.49. The van der Waals surface area contributed by atoms with Crippen molar-refractivity contribution in [1.29, 1.82) is 0 Å². The summed E-state index contributed by atoms with van der Waals surface area (Å²) in [6, 6.07) is 14.9. The van der Waals surface area contributed by atoms with Crippen molar-refractivity contribution in [3.63, 3.8) is 0 Å². The Morgan fingerprint density at radius 1 is 0.867 bits per heavy atom. The Labute approximate surface area is 173 Å². The molecule has 0 amide bonds.